The number of benzene rings is 1. The van der Waals surface area contributed by atoms with E-state index in [-0.39, 0.29) is 42.4 Å². The zero-order valence-corrected chi connectivity index (χ0v) is 20.5. The fourth-order valence-electron chi connectivity index (χ4n) is 4.30. The van der Waals surface area contributed by atoms with Crippen molar-refractivity contribution in [2.24, 2.45) is 5.92 Å². The fraction of sp³-hybridized carbons (Fsp3) is 0.520. The Hall–Kier alpha value is -3.40. The molecule has 1 amide bonds. The first-order chi connectivity index (χ1) is 16.8. The normalized spacial score (nSPS) is 14.6. The summed E-state index contributed by atoms with van der Waals surface area (Å²) in [4.78, 5) is 56.5. The summed E-state index contributed by atoms with van der Waals surface area (Å²) in [5.74, 6) is -0.649. The van der Waals surface area contributed by atoms with E-state index in [0.717, 1.165) is 12.0 Å². The van der Waals surface area contributed by atoms with Crippen LogP contribution in [-0.2, 0) is 20.9 Å². The van der Waals surface area contributed by atoms with Crippen LogP contribution in [0.2, 0.25) is 0 Å². The highest BCUT2D eigenvalue weighted by atomic mass is 16.5. The second kappa shape index (κ2) is 12.3. The first kappa shape index (κ1) is 26.2. The maximum atomic E-state index is 13.4. The Morgan fingerprint density at radius 1 is 1.14 bits per heavy atom. The van der Waals surface area contributed by atoms with Gasteiger partial charge in [-0.3, -0.25) is 28.8 Å². The lowest BCUT2D eigenvalue weighted by Gasteiger charge is -2.32. The molecular weight excluding hydrogens is 450 g/mol. The van der Waals surface area contributed by atoms with Gasteiger partial charge in [0.1, 0.15) is 5.82 Å². The molecule has 3 N–H and O–H groups in total. The highest BCUT2D eigenvalue weighted by Gasteiger charge is 2.29. The SMILES string of the molecule is CCCCN(C(=O)CN1CCC(C(=O)OCC)CC1)c1c(N)n(Cc2ccccc2)c(=O)[nH]c1=O. The summed E-state index contributed by atoms with van der Waals surface area (Å²) in [6.07, 6.45) is 2.72. The molecule has 0 saturated carbocycles. The van der Waals surface area contributed by atoms with Crippen LogP contribution in [0.25, 0.3) is 0 Å². The van der Waals surface area contributed by atoms with E-state index in [1.54, 1.807) is 6.92 Å². The molecular formula is C25H35N5O5. The molecule has 190 valence electrons. The van der Waals surface area contributed by atoms with Crippen molar-refractivity contribution in [3.63, 3.8) is 0 Å². The van der Waals surface area contributed by atoms with Crippen molar-refractivity contribution in [1.29, 1.82) is 0 Å². The molecule has 0 spiro atoms. The van der Waals surface area contributed by atoms with Gasteiger partial charge in [-0.2, -0.15) is 0 Å². The third kappa shape index (κ3) is 6.60. The third-order valence-corrected chi connectivity index (χ3v) is 6.27. The number of hydrogen-bond donors (Lipinski definition) is 2. The standard InChI is InChI=1S/C25H35N5O5/c1-3-5-13-29(20(31)17-28-14-11-19(12-15-28)24(33)35-4-2)21-22(26)30(25(34)27-23(21)32)16-18-9-7-6-8-10-18/h6-10,19H,3-5,11-17,26H2,1-2H3,(H,27,32,34). The minimum absolute atomic E-state index is 0.000362. The lowest BCUT2D eigenvalue weighted by atomic mass is 9.97. The zero-order valence-electron chi connectivity index (χ0n) is 20.5. The van der Waals surface area contributed by atoms with Crippen LogP contribution in [0.4, 0.5) is 11.5 Å². The molecule has 0 bridgehead atoms. The topological polar surface area (TPSA) is 131 Å². The van der Waals surface area contributed by atoms with Gasteiger partial charge in [-0.25, -0.2) is 4.79 Å². The summed E-state index contributed by atoms with van der Waals surface area (Å²) in [5, 5.41) is 0. The number of piperidine rings is 1. The number of anilines is 2. The lowest BCUT2D eigenvalue weighted by Crippen LogP contribution is -2.47. The van der Waals surface area contributed by atoms with Gasteiger partial charge in [-0.15, -0.1) is 0 Å². The molecule has 0 unspecified atom stereocenters. The highest BCUT2D eigenvalue weighted by molar-refractivity contribution is 5.96. The van der Waals surface area contributed by atoms with Crippen LogP contribution in [0.15, 0.2) is 39.9 Å². The number of likely N-dealkylation sites (tertiary alicyclic amines) is 1. The van der Waals surface area contributed by atoms with Crippen molar-refractivity contribution in [2.45, 2.75) is 46.1 Å². The summed E-state index contributed by atoms with van der Waals surface area (Å²) >= 11 is 0. The number of nitrogens with one attached hydrogen (secondary N) is 1. The van der Waals surface area contributed by atoms with Crippen molar-refractivity contribution >= 4 is 23.4 Å². The number of rotatable bonds is 10. The van der Waals surface area contributed by atoms with Crippen LogP contribution in [0, 0.1) is 5.92 Å². The Labute approximate surface area is 204 Å². The zero-order chi connectivity index (χ0) is 25.4. The van der Waals surface area contributed by atoms with E-state index in [9.17, 15) is 19.2 Å². The van der Waals surface area contributed by atoms with E-state index in [0.29, 0.717) is 45.5 Å². The smallest absolute Gasteiger partial charge is 0.330 e. The van der Waals surface area contributed by atoms with Crippen LogP contribution >= 0.6 is 0 Å². The summed E-state index contributed by atoms with van der Waals surface area (Å²) in [5.41, 5.74) is 5.88. The van der Waals surface area contributed by atoms with Crippen molar-refractivity contribution < 1.29 is 14.3 Å². The van der Waals surface area contributed by atoms with Gasteiger partial charge in [0.05, 0.1) is 25.6 Å². The van der Waals surface area contributed by atoms with Crippen molar-refractivity contribution in [3.05, 3.63) is 56.7 Å². The van der Waals surface area contributed by atoms with Crippen molar-refractivity contribution in [2.75, 3.05) is 43.4 Å². The number of unbranched alkanes of at least 4 members (excludes halogenated alkanes) is 1. The highest BCUT2D eigenvalue weighted by Crippen LogP contribution is 2.21. The van der Waals surface area contributed by atoms with Crippen LogP contribution in [0.3, 0.4) is 0 Å². The molecule has 0 atom stereocenters. The second-order valence-corrected chi connectivity index (χ2v) is 8.77. The number of nitrogens with zero attached hydrogens (tertiary/aromatic N) is 3. The van der Waals surface area contributed by atoms with Gasteiger partial charge < -0.3 is 15.4 Å². The predicted octanol–water partition coefficient (Wildman–Crippen LogP) is 1.58. The van der Waals surface area contributed by atoms with E-state index in [1.807, 2.05) is 42.2 Å². The molecule has 1 aliphatic heterocycles. The first-order valence-corrected chi connectivity index (χ1v) is 12.2. The van der Waals surface area contributed by atoms with Crippen LogP contribution < -0.4 is 21.9 Å². The third-order valence-electron chi connectivity index (χ3n) is 6.27. The molecule has 0 aliphatic carbocycles. The number of aromatic nitrogens is 2. The number of esters is 1. The maximum Gasteiger partial charge on any atom is 0.330 e. The number of aromatic amines is 1. The van der Waals surface area contributed by atoms with E-state index < -0.39 is 11.2 Å². The molecule has 10 heteroatoms. The number of carbonyl (C=O) groups excluding carboxylic acids is 2. The molecule has 2 heterocycles. The molecule has 1 saturated heterocycles. The van der Waals surface area contributed by atoms with E-state index >= 15 is 0 Å². The Balaban J connectivity index is 1.82. The van der Waals surface area contributed by atoms with Gasteiger partial charge in [0.25, 0.3) is 5.56 Å². The van der Waals surface area contributed by atoms with Gasteiger partial charge in [0, 0.05) is 6.54 Å². The molecule has 10 nitrogen and oxygen atoms in total. The largest absolute Gasteiger partial charge is 0.466 e. The predicted molar refractivity (Wildman–Crippen MR) is 134 cm³/mol. The number of nitrogen functional groups attached to an aromatic ring is 1. The Morgan fingerprint density at radius 2 is 1.83 bits per heavy atom. The molecule has 3 rings (SSSR count). The number of hydrogen-bond acceptors (Lipinski definition) is 7. The first-order valence-electron chi connectivity index (χ1n) is 12.2. The van der Waals surface area contributed by atoms with Crippen LogP contribution in [0.5, 0.6) is 0 Å². The van der Waals surface area contributed by atoms with E-state index in [1.165, 1.54) is 9.47 Å². The van der Waals surface area contributed by atoms with Gasteiger partial charge in [-0.1, -0.05) is 43.7 Å². The summed E-state index contributed by atoms with van der Waals surface area (Å²) in [6, 6.07) is 9.29. The molecule has 35 heavy (non-hydrogen) atoms. The molecule has 2 aromatic rings. The van der Waals surface area contributed by atoms with E-state index in [2.05, 4.69) is 4.98 Å². The van der Waals surface area contributed by atoms with Crippen LogP contribution in [-0.4, -0.2) is 59.1 Å². The quantitative estimate of drug-likeness (QED) is 0.489. The van der Waals surface area contributed by atoms with Gasteiger partial charge in [-0.05, 0) is 44.8 Å². The monoisotopic (exact) mass is 485 g/mol. The number of ether oxygens (including phenoxy) is 1. The second-order valence-electron chi connectivity index (χ2n) is 8.77. The van der Waals surface area contributed by atoms with Crippen molar-refractivity contribution in [1.82, 2.24) is 14.5 Å². The fourth-order valence-corrected chi connectivity index (χ4v) is 4.30. The Bertz CT molecular complexity index is 1120. The summed E-state index contributed by atoms with van der Waals surface area (Å²) in [6.45, 7) is 5.87. The number of nitrogens with two attached hydrogens (primary N) is 1. The summed E-state index contributed by atoms with van der Waals surface area (Å²) < 4.78 is 6.40. The Kier molecular flexibility index (Phi) is 9.25. The number of H-pyrrole nitrogens is 1. The molecule has 1 aliphatic rings. The average molecular weight is 486 g/mol. The molecule has 1 aromatic heterocycles. The minimum atomic E-state index is -0.678. The maximum absolute atomic E-state index is 13.4. The number of amides is 1. The minimum Gasteiger partial charge on any atom is -0.466 e. The van der Waals surface area contributed by atoms with Crippen LogP contribution in [0.1, 0.15) is 45.1 Å². The van der Waals surface area contributed by atoms with Crippen molar-refractivity contribution in [3.8, 4) is 0 Å². The average Bonchev–Trinajstić information content (AvgIpc) is 2.85. The molecule has 0 radical (unpaired) electrons. The molecule has 1 fully saturated rings. The van der Waals surface area contributed by atoms with Gasteiger partial charge >= 0.3 is 11.7 Å². The number of carbonyl (C=O) groups is 2. The molecule has 1 aromatic carbocycles. The van der Waals surface area contributed by atoms with E-state index in [4.69, 9.17) is 10.5 Å². The Morgan fingerprint density at radius 3 is 2.46 bits per heavy atom. The summed E-state index contributed by atoms with van der Waals surface area (Å²) in [7, 11) is 0. The van der Waals surface area contributed by atoms with Gasteiger partial charge in [0.15, 0.2) is 5.69 Å². The van der Waals surface area contributed by atoms with Gasteiger partial charge in [0.2, 0.25) is 5.91 Å². The lowest BCUT2D eigenvalue weighted by molar-refractivity contribution is -0.149.